The summed E-state index contributed by atoms with van der Waals surface area (Å²) in [5.74, 6) is 1.25. The molecule has 0 N–H and O–H groups in total. The lowest BCUT2D eigenvalue weighted by Gasteiger charge is -2.33. The normalized spacial score (nSPS) is 18.4. The average molecular weight is 359 g/mol. The Morgan fingerprint density at radius 3 is 2.88 bits per heavy atom. The van der Waals surface area contributed by atoms with Crippen LogP contribution in [-0.4, -0.2) is 45.6 Å². The minimum atomic E-state index is -0.321. The lowest BCUT2D eigenvalue weighted by atomic mass is 10.0. The lowest BCUT2D eigenvalue weighted by molar-refractivity contribution is -0.385. The van der Waals surface area contributed by atoms with Gasteiger partial charge in [-0.15, -0.1) is 10.2 Å². The zero-order valence-corrected chi connectivity index (χ0v) is 15.5. The largest absolute Gasteiger partial charge is 0.422 e. The van der Waals surface area contributed by atoms with Gasteiger partial charge in [0.2, 0.25) is 11.8 Å². The molecule has 3 rings (SSSR count). The van der Waals surface area contributed by atoms with E-state index in [1.165, 1.54) is 0 Å². The van der Waals surface area contributed by atoms with E-state index in [1.54, 1.807) is 13.0 Å². The molecule has 2 aromatic rings. The fraction of sp³-hybridized carbons (Fsp3) is 0.556. The molecule has 0 aliphatic carbocycles. The van der Waals surface area contributed by atoms with Gasteiger partial charge >= 0.3 is 0 Å². The molecule has 0 saturated carbocycles. The molecule has 8 nitrogen and oxygen atoms in total. The van der Waals surface area contributed by atoms with Gasteiger partial charge in [0, 0.05) is 18.2 Å². The quantitative estimate of drug-likeness (QED) is 0.578. The minimum Gasteiger partial charge on any atom is -0.422 e. The summed E-state index contributed by atoms with van der Waals surface area (Å²) in [5, 5.41) is 19.6. The zero-order valence-electron chi connectivity index (χ0n) is 15.5. The average Bonchev–Trinajstić information content (AvgIpc) is 3.04. The molecule has 1 unspecified atom stereocenters. The first-order valence-electron chi connectivity index (χ1n) is 8.89. The van der Waals surface area contributed by atoms with Gasteiger partial charge in [0.25, 0.3) is 5.69 Å². The number of hydrogen-bond acceptors (Lipinski definition) is 7. The molecule has 1 aliphatic rings. The Morgan fingerprint density at radius 2 is 2.15 bits per heavy atom. The van der Waals surface area contributed by atoms with Crippen molar-refractivity contribution in [2.45, 2.75) is 45.3 Å². The van der Waals surface area contributed by atoms with E-state index in [-0.39, 0.29) is 16.7 Å². The van der Waals surface area contributed by atoms with Crippen LogP contribution in [0.25, 0.3) is 0 Å². The number of nitro benzene ring substituents is 1. The Hall–Kier alpha value is -2.32. The molecule has 1 aromatic carbocycles. The van der Waals surface area contributed by atoms with Gasteiger partial charge in [-0.05, 0) is 46.0 Å². The second-order valence-electron chi connectivity index (χ2n) is 7.13. The Balaban J connectivity index is 1.78. The maximum absolute atomic E-state index is 11.2. The lowest BCUT2D eigenvalue weighted by Crippen LogP contribution is -2.33. The van der Waals surface area contributed by atoms with Crippen LogP contribution in [0.5, 0.6) is 0 Å². The van der Waals surface area contributed by atoms with E-state index in [2.05, 4.69) is 15.1 Å². The number of hydrogen-bond donors (Lipinski definition) is 0. The molecule has 8 heteroatoms. The third kappa shape index (κ3) is 4.25. The second-order valence-corrected chi connectivity index (χ2v) is 7.13. The fourth-order valence-corrected chi connectivity index (χ4v) is 3.38. The molecule has 2 heterocycles. The number of rotatable bonds is 6. The molecular formula is C18H25N5O3. The van der Waals surface area contributed by atoms with Crippen LogP contribution in [0.1, 0.15) is 48.2 Å². The van der Waals surface area contributed by atoms with Gasteiger partial charge in [-0.2, -0.15) is 0 Å². The van der Waals surface area contributed by atoms with E-state index >= 15 is 0 Å². The number of piperidine rings is 1. The van der Waals surface area contributed by atoms with Crippen LogP contribution in [0.15, 0.2) is 22.6 Å². The van der Waals surface area contributed by atoms with Crippen molar-refractivity contribution in [2.24, 2.45) is 0 Å². The summed E-state index contributed by atoms with van der Waals surface area (Å²) in [5.41, 5.74) is 1.78. The van der Waals surface area contributed by atoms with Crippen LogP contribution >= 0.6 is 0 Å². The molecule has 0 radical (unpaired) electrons. The molecular weight excluding hydrogens is 334 g/mol. The summed E-state index contributed by atoms with van der Waals surface area (Å²) in [7, 11) is 3.92. The van der Waals surface area contributed by atoms with E-state index in [4.69, 9.17) is 4.42 Å². The van der Waals surface area contributed by atoms with Crippen LogP contribution < -0.4 is 0 Å². The van der Waals surface area contributed by atoms with E-state index in [0.717, 1.165) is 31.4 Å². The predicted octanol–water partition coefficient (Wildman–Crippen LogP) is 3.08. The van der Waals surface area contributed by atoms with Crippen molar-refractivity contribution in [3.05, 3.63) is 51.2 Å². The summed E-state index contributed by atoms with van der Waals surface area (Å²) in [6.07, 6.45) is 3.17. The van der Waals surface area contributed by atoms with Crippen molar-refractivity contribution in [1.82, 2.24) is 20.0 Å². The maximum Gasteiger partial charge on any atom is 0.272 e. The van der Waals surface area contributed by atoms with Crippen molar-refractivity contribution >= 4 is 5.69 Å². The minimum absolute atomic E-state index is 0.0625. The topological polar surface area (TPSA) is 88.5 Å². The Kier molecular flexibility index (Phi) is 5.63. The van der Waals surface area contributed by atoms with Gasteiger partial charge in [0.15, 0.2) is 0 Å². The number of likely N-dealkylation sites (tertiary alicyclic amines) is 1. The molecule has 1 aliphatic heterocycles. The summed E-state index contributed by atoms with van der Waals surface area (Å²) >= 11 is 0. The zero-order chi connectivity index (χ0) is 18.7. The summed E-state index contributed by atoms with van der Waals surface area (Å²) in [6.45, 7) is 3.93. The summed E-state index contributed by atoms with van der Waals surface area (Å²) in [4.78, 5) is 15.1. The van der Waals surface area contributed by atoms with Crippen molar-refractivity contribution in [3.8, 4) is 0 Å². The van der Waals surface area contributed by atoms with Gasteiger partial charge in [-0.3, -0.25) is 15.0 Å². The molecule has 0 spiro atoms. The van der Waals surface area contributed by atoms with Crippen molar-refractivity contribution < 1.29 is 9.34 Å². The number of nitro groups is 1. The number of benzene rings is 1. The molecule has 1 saturated heterocycles. The first-order valence-corrected chi connectivity index (χ1v) is 8.89. The first kappa shape index (κ1) is 18.5. The van der Waals surface area contributed by atoms with Crippen LogP contribution in [0.2, 0.25) is 0 Å². The SMILES string of the molecule is Cc1ccc(CN2CCCCC2c2nnc(CN(C)C)o2)cc1[N+](=O)[O-]. The van der Waals surface area contributed by atoms with Crippen LogP contribution in [-0.2, 0) is 13.1 Å². The molecule has 0 amide bonds. The summed E-state index contributed by atoms with van der Waals surface area (Å²) in [6, 6.07) is 5.51. The van der Waals surface area contributed by atoms with Gasteiger partial charge in [0.05, 0.1) is 17.5 Å². The smallest absolute Gasteiger partial charge is 0.272 e. The van der Waals surface area contributed by atoms with E-state index in [9.17, 15) is 10.1 Å². The number of aromatic nitrogens is 2. The Morgan fingerprint density at radius 1 is 1.35 bits per heavy atom. The highest BCUT2D eigenvalue weighted by Crippen LogP contribution is 2.32. The number of nitrogens with zero attached hydrogens (tertiary/aromatic N) is 5. The fourth-order valence-electron chi connectivity index (χ4n) is 3.38. The second kappa shape index (κ2) is 7.92. The van der Waals surface area contributed by atoms with Gasteiger partial charge in [0.1, 0.15) is 0 Å². The highest BCUT2D eigenvalue weighted by Gasteiger charge is 2.29. The van der Waals surface area contributed by atoms with Crippen LogP contribution in [0.4, 0.5) is 5.69 Å². The first-order chi connectivity index (χ1) is 12.4. The molecule has 26 heavy (non-hydrogen) atoms. The van der Waals surface area contributed by atoms with Crippen molar-refractivity contribution in [2.75, 3.05) is 20.6 Å². The molecule has 140 valence electrons. The van der Waals surface area contributed by atoms with Gasteiger partial charge < -0.3 is 9.32 Å². The van der Waals surface area contributed by atoms with E-state index in [1.807, 2.05) is 31.1 Å². The van der Waals surface area contributed by atoms with E-state index < -0.39 is 0 Å². The van der Waals surface area contributed by atoms with E-state index in [0.29, 0.717) is 30.4 Å². The highest BCUT2D eigenvalue weighted by molar-refractivity contribution is 5.42. The van der Waals surface area contributed by atoms with Crippen molar-refractivity contribution in [1.29, 1.82) is 0 Å². The number of aryl methyl sites for hydroxylation is 1. The van der Waals surface area contributed by atoms with Crippen LogP contribution in [0.3, 0.4) is 0 Å². The molecule has 0 bridgehead atoms. The standard InChI is InChI=1S/C18H25N5O3/c1-13-7-8-14(10-16(13)23(24)25)11-22-9-5-4-6-15(22)18-20-19-17(26-18)12-21(2)3/h7-8,10,15H,4-6,9,11-12H2,1-3H3. The highest BCUT2D eigenvalue weighted by atomic mass is 16.6. The Labute approximate surface area is 153 Å². The molecule has 1 aromatic heterocycles. The Bertz CT molecular complexity index is 774. The monoisotopic (exact) mass is 359 g/mol. The molecule has 1 atom stereocenters. The predicted molar refractivity (Wildman–Crippen MR) is 96.5 cm³/mol. The third-order valence-electron chi connectivity index (χ3n) is 4.69. The van der Waals surface area contributed by atoms with Gasteiger partial charge in [-0.1, -0.05) is 18.6 Å². The maximum atomic E-state index is 11.2. The summed E-state index contributed by atoms with van der Waals surface area (Å²) < 4.78 is 5.87. The van der Waals surface area contributed by atoms with Crippen molar-refractivity contribution in [3.63, 3.8) is 0 Å². The molecule has 1 fully saturated rings. The third-order valence-corrected chi connectivity index (χ3v) is 4.69. The van der Waals surface area contributed by atoms with Gasteiger partial charge in [-0.25, -0.2) is 0 Å². The van der Waals surface area contributed by atoms with Crippen LogP contribution in [0, 0.1) is 17.0 Å².